The Labute approximate surface area is 122 Å². The summed E-state index contributed by atoms with van der Waals surface area (Å²) in [6.45, 7) is 4.18. The maximum atomic E-state index is 12.2. The summed E-state index contributed by atoms with van der Waals surface area (Å²) in [7, 11) is 0. The van der Waals surface area contributed by atoms with Crippen molar-refractivity contribution >= 4 is 5.78 Å². The average molecular weight is 271 g/mol. The number of nitriles is 1. The molecule has 0 amide bonds. The zero-order chi connectivity index (χ0) is 14.8. The van der Waals surface area contributed by atoms with Gasteiger partial charge in [-0.05, 0) is 18.9 Å². The number of aryl methyl sites for hydroxylation is 1. The molecule has 0 N–H and O–H groups in total. The highest BCUT2D eigenvalue weighted by atomic mass is 16.1. The molecule has 0 radical (unpaired) electrons. The molecule has 0 fully saturated rings. The summed E-state index contributed by atoms with van der Waals surface area (Å²) in [5.74, 6) is -0.529. The minimum absolute atomic E-state index is 0.0635. The molecule has 1 aromatic carbocycles. The van der Waals surface area contributed by atoms with E-state index in [1.807, 2.05) is 31.2 Å². The van der Waals surface area contributed by atoms with Gasteiger partial charge in [-0.2, -0.15) is 5.26 Å². The number of hydrogen-bond donors (Lipinski definition) is 0. The third kappa shape index (κ3) is 5.57. The number of unbranched alkanes of at least 4 members (excludes halogenated alkanes) is 5. The molecule has 0 saturated carbocycles. The molecular formula is C18H25NO. The Morgan fingerprint density at radius 1 is 1.20 bits per heavy atom. The highest BCUT2D eigenvalue weighted by molar-refractivity contribution is 5.88. The lowest BCUT2D eigenvalue weighted by Gasteiger charge is -2.09. The molecule has 1 rings (SSSR count). The van der Waals surface area contributed by atoms with Crippen molar-refractivity contribution in [2.45, 2.75) is 64.7 Å². The molecule has 0 bridgehead atoms. The molecule has 1 aromatic rings. The van der Waals surface area contributed by atoms with Crippen molar-refractivity contribution in [3.63, 3.8) is 0 Å². The molecule has 0 aromatic heterocycles. The average Bonchev–Trinajstić information content (AvgIpc) is 2.43. The van der Waals surface area contributed by atoms with Crippen LogP contribution in [0, 0.1) is 18.3 Å². The SMILES string of the molecule is CCCCCCCCC(=O)C(C#N)c1cccc(C)c1. The second-order valence-electron chi connectivity index (χ2n) is 5.46. The van der Waals surface area contributed by atoms with E-state index >= 15 is 0 Å². The molecule has 0 aliphatic carbocycles. The molecule has 0 aliphatic rings. The van der Waals surface area contributed by atoms with E-state index in [0.29, 0.717) is 6.42 Å². The van der Waals surface area contributed by atoms with E-state index in [-0.39, 0.29) is 5.78 Å². The lowest BCUT2D eigenvalue weighted by atomic mass is 9.92. The Hall–Kier alpha value is -1.62. The summed E-state index contributed by atoms with van der Waals surface area (Å²) in [5, 5.41) is 9.24. The van der Waals surface area contributed by atoms with E-state index in [1.54, 1.807) is 0 Å². The Morgan fingerprint density at radius 2 is 1.90 bits per heavy atom. The van der Waals surface area contributed by atoms with Gasteiger partial charge < -0.3 is 0 Å². The molecule has 20 heavy (non-hydrogen) atoms. The first kappa shape index (κ1) is 16.4. The first-order chi connectivity index (χ1) is 9.69. The van der Waals surface area contributed by atoms with Crippen molar-refractivity contribution in [2.75, 3.05) is 0 Å². The quantitative estimate of drug-likeness (QED) is 0.598. The third-order valence-electron chi connectivity index (χ3n) is 3.60. The number of benzene rings is 1. The van der Waals surface area contributed by atoms with Gasteiger partial charge in [0, 0.05) is 6.42 Å². The summed E-state index contributed by atoms with van der Waals surface area (Å²) in [6.07, 6.45) is 7.50. The fourth-order valence-electron chi connectivity index (χ4n) is 2.41. The van der Waals surface area contributed by atoms with Crippen molar-refractivity contribution in [3.8, 4) is 6.07 Å². The molecule has 108 valence electrons. The zero-order valence-corrected chi connectivity index (χ0v) is 12.7. The van der Waals surface area contributed by atoms with Crippen molar-refractivity contribution in [1.29, 1.82) is 5.26 Å². The number of carbonyl (C=O) groups is 1. The first-order valence-corrected chi connectivity index (χ1v) is 7.68. The lowest BCUT2D eigenvalue weighted by molar-refractivity contribution is -0.119. The Kier molecular flexibility index (Phi) is 7.65. The van der Waals surface area contributed by atoms with Crippen LogP contribution in [-0.4, -0.2) is 5.78 Å². The van der Waals surface area contributed by atoms with Crippen molar-refractivity contribution in [1.82, 2.24) is 0 Å². The minimum Gasteiger partial charge on any atom is -0.298 e. The highest BCUT2D eigenvalue weighted by Crippen LogP contribution is 2.20. The van der Waals surface area contributed by atoms with Gasteiger partial charge in [0.05, 0.1) is 6.07 Å². The molecule has 1 unspecified atom stereocenters. The lowest BCUT2D eigenvalue weighted by Crippen LogP contribution is -2.10. The maximum absolute atomic E-state index is 12.2. The predicted molar refractivity (Wildman–Crippen MR) is 82.5 cm³/mol. The molecule has 1 atom stereocenters. The first-order valence-electron chi connectivity index (χ1n) is 7.68. The van der Waals surface area contributed by atoms with E-state index in [4.69, 9.17) is 0 Å². The topological polar surface area (TPSA) is 40.9 Å². The second-order valence-corrected chi connectivity index (χ2v) is 5.46. The van der Waals surface area contributed by atoms with Gasteiger partial charge in [0.25, 0.3) is 0 Å². The van der Waals surface area contributed by atoms with Crippen molar-refractivity contribution in [2.24, 2.45) is 0 Å². The monoisotopic (exact) mass is 271 g/mol. The van der Waals surface area contributed by atoms with Gasteiger partial charge in [0.15, 0.2) is 5.78 Å². The smallest absolute Gasteiger partial charge is 0.154 e. The van der Waals surface area contributed by atoms with Crippen molar-refractivity contribution < 1.29 is 4.79 Å². The van der Waals surface area contributed by atoms with Gasteiger partial charge in [-0.1, -0.05) is 68.9 Å². The van der Waals surface area contributed by atoms with Crippen LogP contribution in [0.2, 0.25) is 0 Å². The van der Waals surface area contributed by atoms with Gasteiger partial charge in [-0.3, -0.25) is 4.79 Å². The fraction of sp³-hybridized carbons (Fsp3) is 0.556. The van der Waals surface area contributed by atoms with Crippen LogP contribution >= 0.6 is 0 Å². The molecule has 2 nitrogen and oxygen atoms in total. The molecule has 0 heterocycles. The van der Waals surface area contributed by atoms with Crippen LogP contribution < -0.4 is 0 Å². The van der Waals surface area contributed by atoms with Gasteiger partial charge in [0.1, 0.15) is 5.92 Å². The van der Waals surface area contributed by atoms with Crippen LogP contribution in [-0.2, 0) is 4.79 Å². The second kappa shape index (κ2) is 9.31. The predicted octanol–water partition coefficient (Wildman–Crippen LogP) is 4.92. The number of rotatable bonds is 9. The summed E-state index contributed by atoms with van der Waals surface area (Å²) >= 11 is 0. The third-order valence-corrected chi connectivity index (χ3v) is 3.60. The van der Waals surface area contributed by atoms with Crippen molar-refractivity contribution in [3.05, 3.63) is 35.4 Å². The van der Waals surface area contributed by atoms with Gasteiger partial charge >= 0.3 is 0 Å². The van der Waals surface area contributed by atoms with Crippen LogP contribution in [0.5, 0.6) is 0 Å². The Bertz CT molecular complexity index is 459. The summed E-state index contributed by atoms with van der Waals surface area (Å²) < 4.78 is 0. The summed E-state index contributed by atoms with van der Waals surface area (Å²) in [4.78, 5) is 12.2. The summed E-state index contributed by atoms with van der Waals surface area (Å²) in [6, 6.07) is 9.86. The molecule has 0 aliphatic heterocycles. The van der Waals surface area contributed by atoms with Crippen LogP contribution in [0.4, 0.5) is 0 Å². The normalized spacial score (nSPS) is 11.8. The minimum atomic E-state index is -0.592. The highest BCUT2D eigenvalue weighted by Gasteiger charge is 2.19. The van der Waals surface area contributed by atoms with Gasteiger partial charge in [0.2, 0.25) is 0 Å². The molecular weight excluding hydrogens is 246 g/mol. The number of Topliss-reactive ketones (excluding diaryl/α,β-unsaturated/α-hetero) is 1. The molecule has 0 spiro atoms. The Morgan fingerprint density at radius 3 is 2.55 bits per heavy atom. The van der Waals surface area contributed by atoms with Crippen LogP contribution in [0.25, 0.3) is 0 Å². The van der Waals surface area contributed by atoms with E-state index < -0.39 is 5.92 Å². The summed E-state index contributed by atoms with van der Waals surface area (Å²) in [5.41, 5.74) is 1.93. The number of hydrogen-bond acceptors (Lipinski definition) is 2. The van der Waals surface area contributed by atoms with E-state index in [1.165, 1.54) is 25.7 Å². The number of nitrogens with zero attached hydrogens (tertiary/aromatic N) is 1. The van der Waals surface area contributed by atoms with E-state index in [9.17, 15) is 10.1 Å². The molecule has 0 saturated heterocycles. The zero-order valence-electron chi connectivity index (χ0n) is 12.7. The largest absolute Gasteiger partial charge is 0.298 e. The van der Waals surface area contributed by atoms with Gasteiger partial charge in [-0.15, -0.1) is 0 Å². The number of carbonyl (C=O) groups excluding carboxylic acids is 1. The number of ketones is 1. The fourth-order valence-corrected chi connectivity index (χ4v) is 2.41. The van der Waals surface area contributed by atoms with Crippen LogP contribution in [0.3, 0.4) is 0 Å². The maximum Gasteiger partial charge on any atom is 0.154 e. The standard InChI is InChI=1S/C18H25NO/c1-3-4-5-6-7-8-12-18(20)17(14-19)16-11-9-10-15(2)13-16/h9-11,13,17H,3-8,12H2,1-2H3. The van der Waals surface area contributed by atoms with E-state index in [0.717, 1.165) is 24.0 Å². The van der Waals surface area contributed by atoms with E-state index in [2.05, 4.69) is 13.0 Å². The van der Waals surface area contributed by atoms with Crippen LogP contribution in [0.1, 0.15) is 68.9 Å². The molecule has 2 heteroatoms. The van der Waals surface area contributed by atoms with Gasteiger partial charge in [-0.25, -0.2) is 0 Å². The Balaban J connectivity index is 2.42. The van der Waals surface area contributed by atoms with Crippen LogP contribution in [0.15, 0.2) is 24.3 Å².